The van der Waals surface area contributed by atoms with E-state index in [4.69, 9.17) is 16.3 Å². The zero-order valence-electron chi connectivity index (χ0n) is 17.9. The van der Waals surface area contributed by atoms with E-state index in [2.05, 4.69) is 20.9 Å². The standard InChI is InChI=1S/C24H23BrClN3O4/c25-20-12-22-19(11-21(20)26)23(31)28(15-27-22)13-18(30)10-17-8-4-5-9-29(17)24(32)33-14-16-6-2-1-3-7-16/h1-3,6-7,11-12,15,17H,4-5,8-10,13-14H2/t17-/m0/s1. The molecule has 1 aromatic heterocycles. The number of ketones is 1. The van der Waals surface area contributed by atoms with Crippen molar-refractivity contribution in [1.82, 2.24) is 14.5 Å². The number of hydrogen-bond acceptors (Lipinski definition) is 5. The zero-order valence-corrected chi connectivity index (χ0v) is 20.2. The van der Waals surface area contributed by atoms with Gasteiger partial charge in [-0.3, -0.25) is 14.2 Å². The van der Waals surface area contributed by atoms with Crippen molar-refractivity contribution >= 4 is 50.3 Å². The molecule has 7 nitrogen and oxygen atoms in total. The monoisotopic (exact) mass is 531 g/mol. The lowest BCUT2D eigenvalue weighted by molar-refractivity contribution is -0.121. The fraction of sp³-hybridized carbons (Fsp3) is 0.333. The molecule has 33 heavy (non-hydrogen) atoms. The Hall–Kier alpha value is -2.71. The van der Waals surface area contributed by atoms with Gasteiger partial charge in [0.1, 0.15) is 6.61 Å². The third kappa shape index (κ3) is 5.62. The van der Waals surface area contributed by atoms with Crippen molar-refractivity contribution in [3.05, 3.63) is 74.2 Å². The van der Waals surface area contributed by atoms with Gasteiger partial charge in [0.25, 0.3) is 5.56 Å². The number of benzene rings is 2. The van der Waals surface area contributed by atoms with Gasteiger partial charge in [-0.1, -0.05) is 41.9 Å². The molecule has 0 radical (unpaired) electrons. The van der Waals surface area contributed by atoms with Crippen LogP contribution in [-0.4, -0.2) is 38.9 Å². The number of ether oxygens (including phenoxy) is 1. The van der Waals surface area contributed by atoms with Crippen LogP contribution >= 0.6 is 27.5 Å². The number of amides is 1. The minimum atomic E-state index is -0.416. The van der Waals surface area contributed by atoms with Gasteiger partial charge in [-0.05, 0) is 52.9 Å². The molecule has 1 aliphatic rings. The number of aromatic nitrogens is 2. The first-order chi connectivity index (χ1) is 15.9. The van der Waals surface area contributed by atoms with Crippen LogP contribution in [0.4, 0.5) is 4.79 Å². The first-order valence-electron chi connectivity index (χ1n) is 10.8. The van der Waals surface area contributed by atoms with E-state index >= 15 is 0 Å². The summed E-state index contributed by atoms with van der Waals surface area (Å²) in [6, 6.07) is 12.4. The fourth-order valence-electron chi connectivity index (χ4n) is 4.04. The van der Waals surface area contributed by atoms with Crippen LogP contribution in [0.3, 0.4) is 0 Å². The Morgan fingerprint density at radius 2 is 1.97 bits per heavy atom. The van der Waals surface area contributed by atoms with Crippen LogP contribution in [-0.2, 0) is 22.7 Å². The molecule has 0 saturated carbocycles. The van der Waals surface area contributed by atoms with E-state index in [1.165, 1.54) is 10.9 Å². The number of likely N-dealkylation sites (tertiary alicyclic amines) is 1. The summed E-state index contributed by atoms with van der Waals surface area (Å²) in [5, 5.41) is 0.750. The molecular weight excluding hydrogens is 510 g/mol. The summed E-state index contributed by atoms with van der Waals surface area (Å²) < 4.78 is 7.41. The van der Waals surface area contributed by atoms with Crippen molar-refractivity contribution in [2.75, 3.05) is 6.54 Å². The summed E-state index contributed by atoms with van der Waals surface area (Å²) in [7, 11) is 0. The molecule has 0 aliphatic carbocycles. The van der Waals surface area contributed by atoms with Crippen LogP contribution in [0.25, 0.3) is 10.9 Å². The third-order valence-electron chi connectivity index (χ3n) is 5.74. The van der Waals surface area contributed by atoms with Gasteiger partial charge in [-0.15, -0.1) is 0 Å². The quantitative estimate of drug-likeness (QED) is 0.448. The highest BCUT2D eigenvalue weighted by atomic mass is 79.9. The van der Waals surface area contributed by atoms with Crippen molar-refractivity contribution in [3.8, 4) is 0 Å². The van der Waals surface area contributed by atoms with Crippen LogP contribution in [0, 0.1) is 0 Å². The molecule has 0 spiro atoms. The first kappa shape index (κ1) is 23.4. The van der Waals surface area contributed by atoms with Crippen molar-refractivity contribution < 1.29 is 14.3 Å². The lowest BCUT2D eigenvalue weighted by atomic mass is 9.98. The summed E-state index contributed by atoms with van der Waals surface area (Å²) in [5.74, 6) is -0.144. The van der Waals surface area contributed by atoms with Crippen LogP contribution in [0.2, 0.25) is 5.02 Å². The molecule has 9 heteroatoms. The number of halogens is 2. The van der Waals surface area contributed by atoms with Crippen molar-refractivity contribution in [2.24, 2.45) is 0 Å². The second-order valence-electron chi connectivity index (χ2n) is 8.09. The van der Waals surface area contributed by atoms with E-state index in [0.29, 0.717) is 26.9 Å². The van der Waals surface area contributed by atoms with Gasteiger partial charge in [0, 0.05) is 23.5 Å². The third-order valence-corrected chi connectivity index (χ3v) is 6.94. The second kappa shape index (κ2) is 10.5. The van der Waals surface area contributed by atoms with Crippen molar-refractivity contribution in [3.63, 3.8) is 0 Å². The molecule has 2 aromatic carbocycles. The minimum Gasteiger partial charge on any atom is -0.445 e. The fourth-order valence-corrected chi connectivity index (χ4v) is 4.53. The maximum Gasteiger partial charge on any atom is 0.410 e. The van der Waals surface area contributed by atoms with E-state index in [0.717, 1.165) is 24.8 Å². The van der Waals surface area contributed by atoms with Crippen LogP contribution in [0.15, 0.2) is 58.1 Å². The van der Waals surface area contributed by atoms with Gasteiger partial charge in [0.2, 0.25) is 0 Å². The predicted molar refractivity (Wildman–Crippen MR) is 129 cm³/mol. The Balaban J connectivity index is 1.42. The van der Waals surface area contributed by atoms with Gasteiger partial charge in [0.05, 0.1) is 28.8 Å². The van der Waals surface area contributed by atoms with Gasteiger partial charge in [-0.2, -0.15) is 0 Å². The molecular formula is C24H23BrClN3O4. The number of hydrogen-bond donors (Lipinski definition) is 0. The summed E-state index contributed by atoms with van der Waals surface area (Å²) in [6.07, 6.45) is 3.64. The molecule has 0 bridgehead atoms. The normalized spacial score (nSPS) is 16.1. The van der Waals surface area contributed by atoms with E-state index in [1.54, 1.807) is 17.0 Å². The highest BCUT2D eigenvalue weighted by Crippen LogP contribution is 2.26. The largest absolute Gasteiger partial charge is 0.445 e. The lowest BCUT2D eigenvalue weighted by Gasteiger charge is -2.34. The summed E-state index contributed by atoms with van der Waals surface area (Å²) in [6.45, 7) is 0.628. The van der Waals surface area contributed by atoms with Gasteiger partial charge in [-0.25, -0.2) is 9.78 Å². The number of piperidine rings is 1. The van der Waals surface area contributed by atoms with Gasteiger partial charge >= 0.3 is 6.09 Å². The maximum atomic E-state index is 12.8. The van der Waals surface area contributed by atoms with Crippen LogP contribution in [0.5, 0.6) is 0 Å². The molecule has 1 fully saturated rings. The highest BCUT2D eigenvalue weighted by Gasteiger charge is 2.29. The average Bonchev–Trinajstić information content (AvgIpc) is 2.82. The van der Waals surface area contributed by atoms with E-state index < -0.39 is 6.09 Å². The zero-order chi connectivity index (χ0) is 23.4. The Bertz CT molecular complexity index is 1230. The number of Topliss-reactive ketones (excluding diaryl/α,β-unsaturated/α-hetero) is 1. The molecule has 0 unspecified atom stereocenters. The van der Waals surface area contributed by atoms with Crippen molar-refractivity contribution in [1.29, 1.82) is 0 Å². The van der Waals surface area contributed by atoms with Crippen LogP contribution < -0.4 is 5.56 Å². The molecule has 1 saturated heterocycles. The van der Waals surface area contributed by atoms with Crippen LogP contribution in [0.1, 0.15) is 31.2 Å². The molecule has 0 N–H and O–H groups in total. The maximum absolute atomic E-state index is 12.8. The van der Waals surface area contributed by atoms with Gasteiger partial charge < -0.3 is 9.64 Å². The number of nitrogens with zero attached hydrogens (tertiary/aromatic N) is 3. The smallest absolute Gasteiger partial charge is 0.410 e. The topological polar surface area (TPSA) is 81.5 Å². The minimum absolute atomic E-state index is 0.112. The molecule has 1 atom stereocenters. The summed E-state index contributed by atoms with van der Waals surface area (Å²) >= 11 is 9.44. The molecule has 1 amide bonds. The van der Waals surface area contributed by atoms with Crippen molar-refractivity contribution in [2.45, 2.75) is 44.9 Å². The first-order valence-corrected chi connectivity index (χ1v) is 11.9. The number of carbonyl (C=O) groups is 2. The number of fused-ring (bicyclic) bond motifs is 1. The Morgan fingerprint density at radius 1 is 1.18 bits per heavy atom. The Labute approximate surface area is 204 Å². The van der Waals surface area contributed by atoms with E-state index in [1.807, 2.05) is 30.3 Å². The van der Waals surface area contributed by atoms with E-state index in [9.17, 15) is 14.4 Å². The van der Waals surface area contributed by atoms with E-state index in [-0.39, 0.29) is 37.0 Å². The number of carbonyl (C=O) groups excluding carboxylic acids is 2. The SMILES string of the molecule is O=C(C[C@@H]1CCCCN1C(=O)OCc1ccccc1)Cn1cnc2cc(Br)c(Cl)cc2c1=O. The lowest BCUT2D eigenvalue weighted by Crippen LogP contribution is -2.45. The molecule has 4 rings (SSSR count). The number of rotatable bonds is 6. The Morgan fingerprint density at radius 3 is 2.76 bits per heavy atom. The highest BCUT2D eigenvalue weighted by molar-refractivity contribution is 9.10. The average molecular weight is 533 g/mol. The Kier molecular flexibility index (Phi) is 7.45. The summed E-state index contributed by atoms with van der Waals surface area (Å²) in [4.78, 5) is 44.3. The van der Waals surface area contributed by atoms with Gasteiger partial charge in [0.15, 0.2) is 5.78 Å². The molecule has 1 aliphatic heterocycles. The molecule has 172 valence electrons. The molecule has 2 heterocycles. The second-order valence-corrected chi connectivity index (χ2v) is 9.35. The predicted octanol–water partition coefficient (Wildman–Crippen LogP) is 4.96. The summed E-state index contributed by atoms with van der Waals surface area (Å²) in [5.41, 5.74) is 1.08. The molecule has 3 aromatic rings.